The van der Waals surface area contributed by atoms with Crippen molar-refractivity contribution >= 4 is 29.4 Å². The highest BCUT2D eigenvalue weighted by atomic mass is 35.5. The summed E-state index contributed by atoms with van der Waals surface area (Å²) in [6.07, 6.45) is 2.41. The summed E-state index contributed by atoms with van der Waals surface area (Å²) in [6, 6.07) is -1.13. The van der Waals surface area contributed by atoms with Crippen LogP contribution in [0, 0.1) is 0 Å². The number of nitrogens with one attached hydrogen (secondary N) is 1. The van der Waals surface area contributed by atoms with Crippen LogP contribution in [0.3, 0.4) is 0 Å². The van der Waals surface area contributed by atoms with Gasteiger partial charge >= 0.3 is 5.97 Å². The van der Waals surface area contributed by atoms with Crippen LogP contribution in [0.25, 0.3) is 0 Å². The first kappa shape index (κ1) is 13.2. The maximum Gasteiger partial charge on any atom is 0.328 e. The number of aromatic nitrogens is 2. The summed E-state index contributed by atoms with van der Waals surface area (Å²) in [5.74, 6) is -2.33. The summed E-state index contributed by atoms with van der Waals surface area (Å²) in [7, 11) is 0. The molecule has 0 aromatic carbocycles. The highest BCUT2D eigenvalue weighted by molar-refractivity contribution is 6.29. The quantitative estimate of drug-likeness (QED) is 0.732. The molecule has 1 atom stereocenters. The van der Waals surface area contributed by atoms with Crippen molar-refractivity contribution in [3.63, 3.8) is 0 Å². The summed E-state index contributed by atoms with van der Waals surface area (Å²) in [4.78, 5) is 42.9. The Hall–Kier alpha value is -2.22. The fourth-order valence-electron chi connectivity index (χ4n) is 1.67. The Morgan fingerprint density at radius 1 is 1.47 bits per heavy atom. The molecule has 1 aromatic rings. The number of rotatable bonds is 2. The molecule has 1 aromatic heterocycles. The minimum absolute atomic E-state index is 0.0131. The zero-order valence-corrected chi connectivity index (χ0v) is 10.3. The van der Waals surface area contributed by atoms with Crippen LogP contribution in [0.2, 0.25) is 5.15 Å². The lowest BCUT2D eigenvalue weighted by Crippen LogP contribution is -2.59. The number of hydrogen-bond donors (Lipinski definition) is 2. The Labute approximate surface area is 112 Å². The number of amides is 2. The SMILES string of the molecule is O=C1CN(C(=O)c2cncc(Cl)n2)C(C(=O)O)CN1. The minimum atomic E-state index is -1.21. The second-order valence-corrected chi connectivity index (χ2v) is 4.21. The van der Waals surface area contributed by atoms with Gasteiger partial charge in [-0.2, -0.15) is 0 Å². The van der Waals surface area contributed by atoms with E-state index in [1.165, 1.54) is 12.4 Å². The standard InChI is InChI=1S/C10H9ClN4O4/c11-7-3-12-1-5(14-7)9(17)15-4-8(16)13-2-6(15)10(18)19/h1,3,6H,2,4H2,(H,13,16)(H,18,19). The lowest BCUT2D eigenvalue weighted by atomic mass is 10.1. The normalized spacial score (nSPS) is 18.9. The Bertz CT molecular complexity index is 550. The summed E-state index contributed by atoms with van der Waals surface area (Å²) in [5, 5.41) is 11.4. The number of piperazine rings is 1. The van der Waals surface area contributed by atoms with Crippen molar-refractivity contribution in [1.82, 2.24) is 20.2 Å². The van der Waals surface area contributed by atoms with Crippen LogP contribution in [0.5, 0.6) is 0 Å². The third-order valence-electron chi connectivity index (χ3n) is 2.55. The molecule has 0 bridgehead atoms. The fourth-order valence-corrected chi connectivity index (χ4v) is 1.82. The van der Waals surface area contributed by atoms with Gasteiger partial charge in [0.1, 0.15) is 23.4 Å². The topological polar surface area (TPSA) is 112 Å². The van der Waals surface area contributed by atoms with Crippen LogP contribution in [0.1, 0.15) is 10.5 Å². The molecule has 8 nitrogen and oxygen atoms in total. The molecule has 1 aliphatic rings. The smallest absolute Gasteiger partial charge is 0.328 e. The number of carboxylic acid groups (broad SMARTS) is 1. The van der Waals surface area contributed by atoms with Crippen molar-refractivity contribution in [1.29, 1.82) is 0 Å². The van der Waals surface area contributed by atoms with Crippen molar-refractivity contribution in [2.45, 2.75) is 6.04 Å². The third kappa shape index (κ3) is 2.79. The van der Waals surface area contributed by atoms with Crippen LogP contribution in [-0.2, 0) is 9.59 Å². The number of nitrogens with zero attached hydrogens (tertiary/aromatic N) is 3. The van der Waals surface area contributed by atoms with E-state index in [0.29, 0.717) is 0 Å². The number of hydrogen-bond acceptors (Lipinski definition) is 5. The molecule has 2 heterocycles. The van der Waals surface area contributed by atoms with Crippen molar-refractivity contribution in [2.75, 3.05) is 13.1 Å². The first-order valence-electron chi connectivity index (χ1n) is 5.27. The van der Waals surface area contributed by atoms with E-state index in [9.17, 15) is 14.4 Å². The lowest BCUT2D eigenvalue weighted by Gasteiger charge is -2.32. The summed E-state index contributed by atoms with van der Waals surface area (Å²) in [5.41, 5.74) is -0.103. The van der Waals surface area contributed by atoms with Gasteiger partial charge in [0.2, 0.25) is 5.91 Å². The number of halogens is 1. The van der Waals surface area contributed by atoms with E-state index in [2.05, 4.69) is 15.3 Å². The van der Waals surface area contributed by atoms with Gasteiger partial charge in [0.15, 0.2) is 0 Å². The van der Waals surface area contributed by atoms with Crippen LogP contribution < -0.4 is 5.32 Å². The molecule has 100 valence electrons. The van der Waals surface area contributed by atoms with E-state index in [4.69, 9.17) is 16.7 Å². The maximum atomic E-state index is 12.1. The molecule has 0 aliphatic carbocycles. The Kier molecular flexibility index (Phi) is 3.61. The van der Waals surface area contributed by atoms with E-state index in [1.807, 2.05) is 0 Å². The van der Waals surface area contributed by atoms with Gasteiger partial charge < -0.3 is 15.3 Å². The van der Waals surface area contributed by atoms with Crippen LogP contribution >= 0.6 is 11.6 Å². The molecule has 1 saturated heterocycles. The minimum Gasteiger partial charge on any atom is -0.480 e. The van der Waals surface area contributed by atoms with Gasteiger partial charge in [0.05, 0.1) is 12.4 Å². The molecular weight excluding hydrogens is 276 g/mol. The average Bonchev–Trinajstić information content (AvgIpc) is 2.37. The molecule has 0 spiro atoms. The first-order chi connectivity index (χ1) is 8.99. The molecule has 1 unspecified atom stereocenters. The highest BCUT2D eigenvalue weighted by Crippen LogP contribution is 2.11. The fraction of sp³-hybridized carbons (Fsp3) is 0.300. The molecule has 9 heteroatoms. The maximum absolute atomic E-state index is 12.1. The molecule has 2 rings (SSSR count). The van der Waals surface area contributed by atoms with Crippen molar-refractivity contribution in [3.8, 4) is 0 Å². The van der Waals surface area contributed by atoms with E-state index < -0.39 is 23.8 Å². The van der Waals surface area contributed by atoms with Gasteiger partial charge in [-0.15, -0.1) is 0 Å². The molecule has 2 N–H and O–H groups in total. The Morgan fingerprint density at radius 3 is 2.84 bits per heavy atom. The largest absolute Gasteiger partial charge is 0.480 e. The van der Waals surface area contributed by atoms with Gasteiger partial charge in [-0.1, -0.05) is 11.6 Å². The molecule has 2 amide bonds. The van der Waals surface area contributed by atoms with Crippen LogP contribution in [0.15, 0.2) is 12.4 Å². The zero-order valence-electron chi connectivity index (χ0n) is 9.54. The van der Waals surface area contributed by atoms with Gasteiger partial charge in [0.25, 0.3) is 5.91 Å². The van der Waals surface area contributed by atoms with Gasteiger partial charge in [-0.3, -0.25) is 14.6 Å². The number of carboxylic acids is 1. The Balaban J connectivity index is 2.28. The van der Waals surface area contributed by atoms with E-state index in [1.54, 1.807) is 0 Å². The van der Waals surface area contributed by atoms with Gasteiger partial charge in [0, 0.05) is 6.54 Å². The predicted octanol–water partition coefficient (Wildman–Crippen LogP) is -0.845. The summed E-state index contributed by atoms with van der Waals surface area (Å²) >= 11 is 5.62. The highest BCUT2D eigenvalue weighted by Gasteiger charge is 2.36. The molecule has 1 fully saturated rings. The van der Waals surface area contributed by atoms with Crippen molar-refractivity contribution in [2.24, 2.45) is 0 Å². The number of carbonyl (C=O) groups is 3. The Morgan fingerprint density at radius 2 is 2.21 bits per heavy atom. The summed E-state index contributed by atoms with van der Waals surface area (Å²) in [6.45, 7) is -0.488. The van der Waals surface area contributed by atoms with Gasteiger partial charge in [-0.25, -0.2) is 9.78 Å². The molecule has 1 aliphatic heterocycles. The first-order valence-corrected chi connectivity index (χ1v) is 5.65. The third-order valence-corrected chi connectivity index (χ3v) is 2.74. The molecule has 0 radical (unpaired) electrons. The van der Waals surface area contributed by atoms with Crippen molar-refractivity contribution < 1.29 is 19.5 Å². The zero-order chi connectivity index (χ0) is 14.0. The van der Waals surface area contributed by atoms with Crippen LogP contribution in [-0.4, -0.2) is 56.9 Å². The average molecular weight is 285 g/mol. The number of aliphatic carboxylic acids is 1. The van der Waals surface area contributed by atoms with Crippen molar-refractivity contribution in [3.05, 3.63) is 23.2 Å². The van der Waals surface area contributed by atoms with Crippen LogP contribution in [0.4, 0.5) is 0 Å². The lowest BCUT2D eigenvalue weighted by molar-refractivity contribution is -0.144. The van der Waals surface area contributed by atoms with Gasteiger partial charge in [-0.05, 0) is 0 Å². The van der Waals surface area contributed by atoms with E-state index >= 15 is 0 Å². The number of carbonyl (C=O) groups excluding carboxylic acids is 2. The monoisotopic (exact) mass is 284 g/mol. The van der Waals surface area contributed by atoms with E-state index in [0.717, 1.165) is 4.90 Å². The molecule has 0 saturated carbocycles. The molecular formula is C10H9ClN4O4. The molecule has 19 heavy (non-hydrogen) atoms. The van der Waals surface area contributed by atoms with E-state index in [-0.39, 0.29) is 23.9 Å². The second kappa shape index (κ2) is 5.19. The predicted molar refractivity (Wildman–Crippen MR) is 62.5 cm³/mol. The second-order valence-electron chi connectivity index (χ2n) is 3.82. The summed E-state index contributed by atoms with van der Waals surface area (Å²) < 4.78 is 0.